The van der Waals surface area contributed by atoms with Gasteiger partial charge in [0.15, 0.2) is 0 Å². The summed E-state index contributed by atoms with van der Waals surface area (Å²) in [5, 5.41) is 8.72. The summed E-state index contributed by atoms with van der Waals surface area (Å²) in [5.41, 5.74) is 0. The van der Waals surface area contributed by atoms with Gasteiger partial charge in [-0.1, -0.05) is 6.92 Å². The maximum atomic E-state index is 10.4. The maximum Gasteiger partial charge on any atom is 0.539 e. The Morgan fingerprint density at radius 3 is 2.50 bits per heavy atom. The molecule has 48 valence electrons. The van der Waals surface area contributed by atoms with Gasteiger partial charge in [-0.05, 0) is 4.57 Å². The molecule has 0 aliphatic heterocycles. The fraction of sp³-hybridized carbons (Fsp3) is 1.00. The van der Waals surface area contributed by atoms with Crippen LogP contribution in [0.1, 0.15) is 13.3 Å². The molecule has 4 heteroatoms. The van der Waals surface area contributed by atoms with Crippen molar-refractivity contribution in [3.8, 4) is 0 Å². The van der Waals surface area contributed by atoms with Crippen molar-refractivity contribution in [1.29, 1.82) is 0 Å². The second-order valence-electron chi connectivity index (χ2n) is 1.36. The van der Waals surface area contributed by atoms with E-state index in [4.69, 9.17) is 5.11 Å². The fourth-order valence-electron chi connectivity index (χ4n) is 0.271. The summed E-state index contributed by atoms with van der Waals surface area (Å²) in [7, 11) is -0.517. The smallest absolute Gasteiger partial charge is 0.349 e. The Balaban J connectivity index is 3.46. The molecule has 1 N–H and O–H groups in total. The van der Waals surface area contributed by atoms with E-state index in [2.05, 4.69) is 4.52 Å². The molecule has 0 radical (unpaired) electrons. The Kier molecular flexibility index (Phi) is 3.97. The average Bonchev–Trinajstić information content (AvgIpc) is 1.84. The van der Waals surface area contributed by atoms with Crippen molar-refractivity contribution < 1.29 is 14.2 Å². The summed E-state index contributed by atoms with van der Waals surface area (Å²) in [5.74, 6) is -0.796. The van der Waals surface area contributed by atoms with Crippen LogP contribution in [-0.2, 0) is 9.09 Å². The lowest BCUT2D eigenvalue weighted by molar-refractivity contribution is 0.226. The van der Waals surface area contributed by atoms with Crippen LogP contribution in [0, 0.1) is 0 Å². The molecule has 0 heterocycles. The van der Waals surface area contributed by atoms with E-state index in [0.29, 0.717) is 6.42 Å². The van der Waals surface area contributed by atoms with Gasteiger partial charge < -0.3 is 5.11 Å². The van der Waals surface area contributed by atoms with Crippen molar-refractivity contribution in [2.45, 2.75) is 19.2 Å². The lowest BCUT2D eigenvalue weighted by Gasteiger charge is -1.87. The molecule has 0 saturated heterocycles. The summed E-state index contributed by atoms with van der Waals surface area (Å²) in [6.45, 7) is 1.75. The number of rotatable bonds is 3. The van der Waals surface area contributed by atoms with Crippen molar-refractivity contribution in [2.24, 2.45) is 0 Å². The third kappa shape index (κ3) is 2.36. The predicted molar refractivity (Wildman–Crippen MR) is 30.9 cm³/mol. The van der Waals surface area contributed by atoms with Crippen molar-refractivity contribution >= 4 is 8.03 Å². The molecule has 0 saturated carbocycles. The van der Waals surface area contributed by atoms with Crippen LogP contribution in [0.2, 0.25) is 0 Å². The molecule has 0 rings (SSSR count). The predicted octanol–water partition coefficient (Wildman–Crippen LogP) is 1.10. The van der Waals surface area contributed by atoms with Crippen LogP contribution in [0.25, 0.3) is 0 Å². The Labute approximate surface area is 49.5 Å². The Hall–Kier alpha value is 0.0200. The van der Waals surface area contributed by atoms with Gasteiger partial charge in [0.05, 0.1) is 7.11 Å². The fourth-order valence-corrected chi connectivity index (χ4v) is 0.812. The molecule has 0 spiro atoms. The van der Waals surface area contributed by atoms with Crippen LogP contribution in [0.3, 0.4) is 0 Å². The first-order chi connectivity index (χ1) is 3.72. The van der Waals surface area contributed by atoms with Crippen molar-refractivity contribution in [3.05, 3.63) is 0 Å². The normalized spacial score (nSPS) is 15.6. The van der Waals surface area contributed by atoms with Gasteiger partial charge in [0, 0.05) is 6.42 Å². The topological polar surface area (TPSA) is 46.5 Å². The van der Waals surface area contributed by atoms with E-state index in [-0.39, 0.29) is 0 Å². The zero-order chi connectivity index (χ0) is 6.57. The van der Waals surface area contributed by atoms with Crippen molar-refractivity contribution in [3.63, 3.8) is 0 Å². The molecular weight excluding hydrogens is 127 g/mol. The molecule has 0 aliphatic rings. The quantitative estimate of drug-likeness (QED) is 0.592. The zero-order valence-electron chi connectivity index (χ0n) is 5.00. The van der Waals surface area contributed by atoms with E-state index in [0.717, 1.165) is 0 Å². The molecule has 0 aromatic heterocycles. The van der Waals surface area contributed by atoms with Gasteiger partial charge in [0.25, 0.3) is 5.85 Å². The highest BCUT2D eigenvalue weighted by atomic mass is 31.1. The van der Waals surface area contributed by atoms with E-state index in [9.17, 15) is 4.57 Å². The van der Waals surface area contributed by atoms with Crippen LogP contribution in [0.5, 0.6) is 0 Å². The van der Waals surface area contributed by atoms with Crippen LogP contribution in [0.4, 0.5) is 0 Å². The monoisotopic (exact) mass is 137 g/mol. The lowest BCUT2D eigenvalue weighted by Crippen LogP contribution is -1.97. The third-order valence-corrected chi connectivity index (χ3v) is 2.00. The molecule has 2 atom stereocenters. The minimum Gasteiger partial charge on any atom is -0.349 e. The minimum absolute atomic E-state index is 0.475. The second kappa shape index (κ2) is 3.96. The van der Waals surface area contributed by atoms with Gasteiger partial charge in [-0.2, -0.15) is 0 Å². The van der Waals surface area contributed by atoms with Gasteiger partial charge >= 0.3 is 8.03 Å². The Morgan fingerprint density at radius 2 is 2.38 bits per heavy atom. The summed E-state index contributed by atoms with van der Waals surface area (Å²) in [6, 6.07) is 0. The molecule has 0 aromatic carbocycles. The first kappa shape index (κ1) is 8.02. The van der Waals surface area contributed by atoms with Crippen LogP contribution >= 0.6 is 8.03 Å². The van der Waals surface area contributed by atoms with E-state index in [1.165, 1.54) is 7.11 Å². The number of aliphatic hydroxyl groups excluding tert-OH is 1. The molecule has 0 bridgehead atoms. The van der Waals surface area contributed by atoms with Crippen molar-refractivity contribution in [2.75, 3.05) is 7.11 Å². The van der Waals surface area contributed by atoms with Gasteiger partial charge in [-0.25, -0.2) is 0 Å². The standard InChI is InChI=1S/C4H10O3P/c1-3-4(5)8(6)7-2/h4-5H,3H2,1-2H3/q+1. The molecule has 0 aromatic rings. The van der Waals surface area contributed by atoms with Gasteiger partial charge in [0.1, 0.15) is 0 Å². The van der Waals surface area contributed by atoms with E-state index in [1.807, 2.05) is 0 Å². The molecule has 0 amide bonds. The molecule has 2 unspecified atom stereocenters. The van der Waals surface area contributed by atoms with Gasteiger partial charge in [-0.3, -0.25) is 0 Å². The van der Waals surface area contributed by atoms with E-state index >= 15 is 0 Å². The molecule has 3 nitrogen and oxygen atoms in total. The molecular formula is C4H10O3P+. The SMILES string of the molecule is CCC(O)[P+](=O)OC. The Morgan fingerprint density at radius 1 is 1.88 bits per heavy atom. The summed E-state index contributed by atoms with van der Waals surface area (Å²) in [6.07, 6.45) is 0.475. The van der Waals surface area contributed by atoms with Gasteiger partial charge in [0.2, 0.25) is 0 Å². The third-order valence-electron chi connectivity index (χ3n) is 0.788. The number of hydrogen-bond acceptors (Lipinski definition) is 3. The van der Waals surface area contributed by atoms with Crippen LogP contribution in [-0.4, -0.2) is 18.1 Å². The highest BCUT2D eigenvalue weighted by Gasteiger charge is 2.25. The average molecular weight is 137 g/mol. The highest BCUT2D eigenvalue weighted by Crippen LogP contribution is 2.27. The maximum absolute atomic E-state index is 10.4. The van der Waals surface area contributed by atoms with Gasteiger partial charge in [-0.15, -0.1) is 4.52 Å². The number of hydrogen-bond donors (Lipinski definition) is 1. The molecule has 0 aliphatic carbocycles. The molecule has 8 heavy (non-hydrogen) atoms. The first-order valence-corrected chi connectivity index (χ1v) is 3.65. The lowest BCUT2D eigenvalue weighted by atomic mass is 10.5. The molecule has 0 fully saturated rings. The minimum atomic E-state index is -1.83. The summed E-state index contributed by atoms with van der Waals surface area (Å²) in [4.78, 5) is 0. The second-order valence-corrected chi connectivity index (χ2v) is 2.89. The van der Waals surface area contributed by atoms with E-state index < -0.39 is 13.9 Å². The Bertz CT molecular complexity index is 83.4. The summed E-state index contributed by atoms with van der Waals surface area (Å²) >= 11 is 0. The van der Waals surface area contributed by atoms with Crippen molar-refractivity contribution in [1.82, 2.24) is 0 Å². The van der Waals surface area contributed by atoms with E-state index in [1.54, 1.807) is 6.92 Å². The van der Waals surface area contributed by atoms with Crippen LogP contribution < -0.4 is 0 Å². The summed E-state index contributed by atoms with van der Waals surface area (Å²) < 4.78 is 14.8. The van der Waals surface area contributed by atoms with Crippen LogP contribution in [0.15, 0.2) is 0 Å². The zero-order valence-corrected chi connectivity index (χ0v) is 5.89. The largest absolute Gasteiger partial charge is 0.539 e. The highest BCUT2D eigenvalue weighted by molar-refractivity contribution is 7.39. The first-order valence-electron chi connectivity index (χ1n) is 2.41. The number of aliphatic hydroxyl groups is 1.